The highest BCUT2D eigenvalue weighted by Gasteiger charge is 2.33. The lowest BCUT2D eigenvalue weighted by Gasteiger charge is -2.22. The molecule has 0 unspecified atom stereocenters. The van der Waals surface area contributed by atoms with Crippen molar-refractivity contribution in [1.29, 1.82) is 0 Å². The van der Waals surface area contributed by atoms with Crippen LogP contribution in [-0.2, 0) is 0 Å². The highest BCUT2D eigenvalue weighted by molar-refractivity contribution is 6.32. The van der Waals surface area contributed by atoms with E-state index in [0.717, 1.165) is 0 Å². The maximum Gasteiger partial charge on any atom is 0.406 e. The van der Waals surface area contributed by atoms with E-state index in [1.807, 2.05) is 0 Å². The third kappa shape index (κ3) is 3.60. The van der Waals surface area contributed by atoms with Crippen LogP contribution in [0.2, 0.25) is 5.02 Å². The molecule has 0 fully saturated rings. The summed E-state index contributed by atoms with van der Waals surface area (Å²) in [5, 5.41) is 0.110. The van der Waals surface area contributed by atoms with Crippen molar-refractivity contribution in [3.8, 4) is 11.5 Å². The van der Waals surface area contributed by atoms with Crippen LogP contribution in [0.1, 0.15) is 10.4 Å². The van der Waals surface area contributed by atoms with E-state index < -0.39 is 18.6 Å². The normalized spacial score (nSPS) is 13.1. The Bertz CT molecular complexity index is 575. The van der Waals surface area contributed by atoms with Crippen molar-refractivity contribution in [2.45, 2.75) is 6.18 Å². The number of hydrogen-bond donors (Lipinski definition) is 0. The molecule has 0 N–H and O–H groups in total. The molecular formula is C13H11ClF3NO3. The van der Waals surface area contributed by atoms with E-state index in [-0.39, 0.29) is 35.4 Å². The highest BCUT2D eigenvalue weighted by Crippen LogP contribution is 2.40. The third-order valence-electron chi connectivity index (χ3n) is 2.68. The number of fused-ring (bicyclic) bond motifs is 1. The predicted octanol–water partition coefficient (Wildman–Crippen LogP) is 3.26. The summed E-state index contributed by atoms with van der Waals surface area (Å²) in [6, 6.07) is 2.56. The summed E-state index contributed by atoms with van der Waals surface area (Å²) in [5.41, 5.74) is -0.00431. The number of benzene rings is 1. The highest BCUT2D eigenvalue weighted by atomic mass is 35.5. The Balaban J connectivity index is 2.28. The first-order valence-electron chi connectivity index (χ1n) is 5.88. The second-order valence-corrected chi connectivity index (χ2v) is 4.69. The predicted molar refractivity (Wildman–Crippen MR) is 69.7 cm³/mol. The number of halogens is 4. The molecule has 0 bridgehead atoms. The van der Waals surface area contributed by atoms with Crippen LogP contribution in [0.5, 0.6) is 11.5 Å². The van der Waals surface area contributed by atoms with Gasteiger partial charge in [0.1, 0.15) is 6.54 Å². The van der Waals surface area contributed by atoms with E-state index in [2.05, 4.69) is 6.58 Å². The number of carbonyl (C=O) groups is 1. The Hall–Kier alpha value is -1.89. The molecule has 0 atom stereocenters. The number of amides is 1. The third-order valence-corrected chi connectivity index (χ3v) is 2.96. The van der Waals surface area contributed by atoms with Gasteiger partial charge in [-0.3, -0.25) is 4.79 Å². The van der Waals surface area contributed by atoms with E-state index in [4.69, 9.17) is 21.1 Å². The van der Waals surface area contributed by atoms with E-state index in [0.29, 0.717) is 4.90 Å². The Labute approximate surface area is 123 Å². The molecule has 114 valence electrons. The second-order valence-electron chi connectivity index (χ2n) is 4.28. The molecule has 0 aliphatic carbocycles. The van der Waals surface area contributed by atoms with E-state index in [1.165, 1.54) is 18.2 Å². The first kappa shape index (κ1) is 15.5. The van der Waals surface area contributed by atoms with Gasteiger partial charge in [-0.25, -0.2) is 0 Å². The van der Waals surface area contributed by atoms with Gasteiger partial charge in [-0.05, 0) is 12.1 Å². The molecule has 0 aromatic heterocycles. The van der Waals surface area contributed by atoms with Crippen LogP contribution in [0.15, 0.2) is 24.8 Å². The summed E-state index contributed by atoms with van der Waals surface area (Å²) in [6.45, 7) is 1.70. The van der Waals surface area contributed by atoms with Crippen LogP contribution in [-0.4, -0.2) is 36.9 Å². The summed E-state index contributed by atoms with van der Waals surface area (Å²) in [7, 11) is 0. The maximum atomic E-state index is 12.5. The Morgan fingerprint density at radius 2 is 2.14 bits per heavy atom. The minimum absolute atomic E-state index is 0.00431. The molecule has 21 heavy (non-hydrogen) atoms. The lowest BCUT2D eigenvalue weighted by molar-refractivity contribution is -0.139. The Morgan fingerprint density at radius 3 is 2.76 bits per heavy atom. The van der Waals surface area contributed by atoms with Crippen molar-refractivity contribution in [3.63, 3.8) is 0 Å². The Morgan fingerprint density at radius 1 is 1.43 bits per heavy atom. The fraction of sp³-hybridized carbons (Fsp3) is 0.308. The molecule has 0 saturated heterocycles. The van der Waals surface area contributed by atoms with Gasteiger partial charge in [0, 0.05) is 12.1 Å². The number of carbonyl (C=O) groups excluding carboxylic acids is 1. The summed E-state index contributed by atoms with van der Waals surface area (Å²) in [5.74, 6) is -0.303. The van der Waals surface area contributed by atoms with Gasteiger partial charge in [-0.15, -0.1) is 6.58 Å². The molecule has 0 saturated carbocycles. The van der Waals surface area contributed by atoms with Gasteiger partial charge in [0.2, 0.25) is 6.79 Å². The fourth-order valence-corrected chi connectivity index (χ4v) is 2.13. The summed E-state index contributed by atoms with van der Waals surface area (Å²) in [4.78, 5) is 12.8. The largest absolute Gasteiger partial charge is 0.454 e. The minimum Gasteiger partial charge on any atom is -0.454 e. The van der Waals surface area contributed by atoms with Crippen molar-refractivity contribution in [2.75, 3.05) is 19.9 Å². The number of nitrogens with zero attached hydrogens (tertiary/aromatic N) is 1. The monoisotopic (exact) mass is 321 g/mol. The molecule has 1 aliphatic heterocycles. The van der Waals surface area contributed by atoms with E-state index in [1.54, 1.807) is 0 Å². The van der Waals surface area contributed by atoms with Gasteiger partial charge in [-0.2, -0.15) is 13.2 Å². The molecule has 1 aromatic carbocycles. The van der Waals surface area contributed by atoms with Crippen LogP contribution in [0.25, 0.3) is 0 Å². The second kappa shape index (κ2) is 5.85. The topological polar surface area (TPSA) is 38.8 Å². The van der Waals surface area contributed by atoms with Gasteiger partial charge in [0.25, 0.3) is 5.91 Å². The van der Waals surface area contributed by atoms with Gasteiger partial charge in [0.05, 0.1) is 5.02 Å². The maximum absolute atomic E-state index is 12.5. The molecule has 0 radical (unpaired) electrons. The van der Waals surface area contributed by atoms with Gasteiger partial charge in [-0.1, -0.05) is 17.7 Å². The molecule has 1 amide bonds. The SMILES string of the molecule is C=CCN(CC(F)(F)F)C(=O)c1cc(Cl)c2c(c1)OCO2. The number of hydrogen-bond acceptors (Lipinski definition) is 3. The zero-order valence-electron chi connectivity index (χ0n) is 10.7. The first-order valence-corrected chi connectivity index (χ1v) is 6.25. The molecule has 2 rings (SSSR count). The molecule has 4 nitrogen and oxygen atoms in total. The quantitative estimate of drug-likeness (QED) is 0.799. The summed E-state index contributed by atoms with van der Waals surface area (Å²) in [6.07, 6.45) is -3.28. The zero-order valence-corrected chi connectivity index (χ0v) is 11.5. The van der Waals surface area contributed by atoms with Gasteiger partial charge < -0.3 is 14.4 Å². The van der Waals surface area contributed by atoms with Crippen molar-refractivity contribution >= 4 is 17.5 Å². The summed E-state index contributed by atoms with van der Waals surface area (Å²) >= 11 is 5.92. The summed E-state index contributed by atoms with van der Waals surface area (Å²) < 4.78 is 47.7. The lowest BCUT2D eigenvalue weighted by Crippen LogP contribution is -2.39. The van der Waals surface area contributed by atoms with Crippen molar-refractivity contribution in [2.24, 2.45) is 0 Å². The average Bonchev–Trinajstić information content (AvgIpc) is 2.84. The van der Waals surface area contributed by atoms with Gasteiger partial charge in [0.15, 0.2) is 11.5 Å². The average molecular weight is 322 g/mol. The van der Waals surface area contributed by atoms with Crippen LogP contribution in [0.4, 0.5) is 13.2 Å². The number of rotatable bonds is 4. The van der Waals surface area contributed by atoms with Gasteiger partial charge >= 0.3 is 6.18 Å². The Kier molecular flexibility index (Phi) is 4.32. The zero-order chi connectivity index (χ0) is 15.6. The van der Waals surface area contributed by atoms with Crippen molar-refractivity contribution < 1.29 is 27.4 Å². The lowest BCUT2D eigenvalue weighted by atomic mass is 10.1. The smallest absolute Gasteiger partial charge is 0.406 e. The molecular weight excluding hydrogens is 311 g/mol. The molecule has 8 heteroatoms. The first-order chi connectivity index (χ1) is 9.81. The molecule has 1 aromatic rings. The van der Waals surface area contributed by atoms with Crippen LogP contribution in [0.3, 0.4) is 0 Å². The van der Waals surface area contributed by atoms with Crippen LogP contribution >= 0.6 is 11.6 Å². The van der Waals surface area contributed by atoms with Crippen LogP contribution in [0, 0.1) is 0 Å². The molecule has 0 spiro atoms. The number of alkyl halides is 3. The molecule has 1 aliphatic rings. The number of ether oxygens (including phenoxy) is 2. The van der Waals surface area contributed by atoms with E-state index in [9.17, 15) is 18.0 Å². The van der Waals surface area contributed by atoms with Crippen molar-refractivity contribution in [1.82, 2.24) is 4.90 Å². The molecule has 1 heterocycles. The van der Waals surface area contributed by atoms with Crippen LogP contribution < -0.4 is 9.47 Å². The fourth-order valence-electron chi connectivity index (χ4n) is 1.86. The van der Waals surface area contributed by atoms with E-state index >= 15 is 0 Å². The minimum atomic E-state index is -4.50. The standard InChI is InChI=1S/C13H11ClF3NO3/c1-2-3-18(6-13(15,16)17)12(19)8-4-9(14)11-10(5-8)20-7-21-11/h2,4-5H,1,3,6-7H2. The van der Waals surface area contributed by atoms with Crippen molar-refractivity contribution in [3.05, 3.63) is 35.4 Å².